The number of hydrogen-bond acceptors (Lipinski definition) is 4. The maximum absolute atomic E-state index is 12.1. The predicted octanol–water partition coefficient (Wildman–Crippen LogP) is 1.61. The highest BCUT2D eigenvalue weighted by molar-refractivity contribution is 7.89. The average Bonchev–Trinajstić information content (AvgIpc) is 2.62. The topological polar surface area (TPSA) is 75.3 Å². The first kappa shape index (κ1) is 14.1. The van der Waals surface area contributed by atoms with Crippen molar-refractivity contribution in [3.8, 4) is 0 Å². The van der Waals surface area contributed by atoms with Crippen LogP contribution in [0.5, 0.6) is 0 Å². The Bertz CT molecular complexity index is 560. The Morgan fingerprint density at radius 3 is 2.67 bits per heavy atom. The zero-order valence-electron chi connectivity index (χ0n) is 9.07. The van der Waals surface area contributed by atoms with Crippen LogP contribution in [-0.4, -0.2) is 26.9 Å². The molecule has 1 aliphatic heterocycles. The summed E-state index contributed by atoms with van der Waals surface area (Å²) in [5.74, 6) is -0.0675. The van der Waals surface area contributed by atoms with E-state index < -0.39 is 10.0 Å². The van der Waals surface area contributed by atoms with E-state index in [9.17, 15) is 13.2 Å². The van der Waals surface area contributed by atoms with Crippen molar-refractivity contribution >= 4 is 50.5 Å². The van der Waals surface area contributed by atoms with Crippen molar-refractivity contribution in [2.45, 2.75) is 23.8 Å². The van der Waals surface area contributed by atoms with E-state index in [1.54, 1.807) is 0 Å². The Balaban J connectivity index is 2.12. The van der Waals surface area contributed by atoms with Crippen molar-refractivity contribution in [2.75, 3.05) is 6.54 Å². The van der Waals surface area contributed by atoms with E-state index in [1.165, 1.54) is 6.07 Å². The highest BCUT2D eigenvalue weighted by Gasteiger charge is 2.26. The lowest BCUT2D eigenvalue weighted by Gasteiger charge is -2.23. The van der Waals surface area contributed by atoms with Gasteiger partial charge in [-0.2, -0.15) is 0 Å². The van der Waals surface area contributed by atoms with Crippen molar-refractivity contribution in [1.29, 1.82) is 0 Å². The zero-order chi connectivity index (χ0) is 13.3. The summed E-state index contributed by atoms with van der Waals surface area (Å²) in [6, 6.07) is 1.00. The standard InChI is InChI=1S/C9H10Cl2N2O3S2/c10-7-3-6(9(11)17-7)18(15,16)13-5-1-2-8(14)12-4-5/h3,5,13H,1-2,4H2,(H,12,14). The van der Waals surface area contributed by atoms with Crippen LogP contribution in [0.1, 0.15) is 12.8 Å². The SMILES string of the molecule is O=C1CCC(NS(=O)(=O)c2cc(Cl)sc2Cl)CN1. The Kier molecular flexibility index (Phi) is 4.18. The summed E-state index contributed by atoms with van der Waals surface area (Å²) in [6.45, 7) is 0.285. The minimum absolute atomic E-state index is 0.0175. The molecule has 1 fully saturated rings. The number of halogens is 2. The third kappa shape index (κ3) is 3.16. The fourth-order valence-electron chi connectivity index (χ4n) is 1.62. The van der Waals surface area contributed by atoms with Gasteiger partial charge in [0.05, 0.1) is 4.34 Å². The third-order valence-corrected chi connectivity index (χ3v) is 5.78. The summed E-state index contributed by atoms with van der Waals surface area (Å²) in [7, 11) is -3.69. The van der Waals surface area contributed by atoms with Crippen LogP contribution in [0.3, 0.4) is 0 Å². The molecule has 18 heavy (non-hydrogen) atoms. The van der Waals surface area contributed by atoms with Crippen LogP contribution in [0.2, 0.25) is 8.67 Å². The summed E-state index contributed by atoms with van der Waals surface area (Å²) >= 11 is 12.5. The van der Waals surface area contributed by atoms with Crippen molar-refractivity contribution in [3.63, 3.8) is 0 Å². The molecule has 1 unspecified atom stereocenters. The summed E-state index contributed by atoms with van der Waals surface area (Å²) in [5, 5.41) is 2.60. The molecule has 0 aliphatic carbocycles. The predicted molar refractivity (Wildman–Crippen MR) is 70.7 cm³/mol. The lowest BCUT2D eigenvalue weighted by atomic mass is 10.1. The number of rotatable bonds is 3. The van der Waals surface area contributed by atoms with Gasteiger partial charge >= 0.3 is 0 Å². The first-order valence-corrected chi connectivity index (χ1v) is 8.18. The van der Waals surface area contributed by atoms with Crippen LogP contribution in [0.25, 0.3) is 0 Å². The average molecular weight is 329 g/mol. The van der Waals surface area contributed by atoms with Crippen LogP contribution in [0, 0.1) is 0 Å². The van der Waals surface area contributed by atoms with Crippen molar-refractivity contribution in [3.05, 3.63) is 14.7 Å². The number of amides is 1. The maximum Gasteiger partial charge on any atom is 0.243 e. The minimum atomic E-state index is -3.69. The number of thiophene rings is 1. The molecule has 1 aromatic rings. The van der Waals surface area contributed by atoms with Gasteiger partial charge in [-0.1, -0.05) is 23.2 Å². The Morgan fingerprint density at radius 2 is 2.17 bits per heavy atom. The van der Waals surface area contributed by atoms with Crippen molar-refractivity contribution < 1.29 is 13.2 Å². The van der Waals surface area contributed by atoms with E-state index in [0.29, 0.717) is 17.2 Å². The van der Waals surface area contributed by atoms with Gasteiger partial charge in [0.25, 0.3) is 0 Å². The summed E-state index contributed by atoms with van der Waals surface area (Å²) in [6.07, 6.45) is 0.784. The molecule has 1 saturated heterocycles. The maximum atomic E-state index is 12.1. The number of hydrogen-bond donors (Lipinski definition) is 2. The summed E-state index contributed by atoms with van der Waals surface area (Å²) in [5.41, 5.74) is 0. The van der Waals surface area contributed by atoms with E-state index in [1.807, 2.05) is 0 Å². The highest BCUT2D eigenvalue weighted by Crippen LogP contribution is 2.34. The van der Waals surface area contributed by atoms with E-state index in [4.69, 9.17) is 23.2 Å². The normalized spacial score (nSPS) is 20.8. The van der Waals surface area contributed by atoms with Gasteiger partial charge in [-0.15, -0.1) is 11.3 Å². The summed E-state index contributed by atoms with van der Waals surface area (Å²) < 4.78 is 27.1. The lowest BCUT2D eigenvalue weighted by Crippen LogP contribution is -2.47. The van der Waals surface area contributed by atoms with Crippen LogP contribution >= 0.6 is 34.5 Å². The summed E-state index contributed by atoms with van der Waals surface area (Å²) in [4.78, 5) is 11.0. The largest absolute Gasteiger partial charge is 0.355 e. The molecule has 1 aliphatic rings. The molecule has 0 bridgehead atoms. The fraction of sp³-hybridized carbons (Fsp3) is 0.444. The second kappa shape index (κ2) is 5.34. The van der Waals surface area contributed by atoms with Crippen LogP contribution < -0.4 is 10.0 Å². The molecule has 1 aromatic heterocycles. The minimum Gasteiger partial charge on any atom is -0.355 e. The van der Waals surface area contributed by atoms with Gasteiger partial charge in [0.1, 0.15) is 9.23 Å². The molecule has 5 nitrogen and oxygen atoms in total. The molecular formula is C9H10Cl2N2O3S2. The van der Waals surface area contributed by atoms with Crippen LogP contribution in [0.15, 0.2) is 11.0 Å². The van der Waals surface area contributed by atoms with Crippen LogP contribution in [-0.2, 0) is 14.8 Å². The Labute approximate surface area is 119 Å². The number of carbonyl (C=O) groups excluding carboxylic acids is 1. The molecule has 0 radical (unpaired) electrons. The second-order valence-electron chi connectivity index (χ2n) is 3.85. The molecular weight excluding hydrogens is 319 g/mol. The first-order chi connectivity index (χ1) is 8.38. The number of nitrogens with one attached hydrogen (secondary N) is 2. The molecule has 2 N–H and O–H groups in total. The zero-order valence-corrected chi connectivity index (χ0v) is 12.2. The van der Waals surface area contributed by atoms with Crippen molar-refractivity contribution in [2.24, 2.45) is 0 Å². The second-order valence-corrected chi connectivity index (χ2v) is 7.82. The molecule has 1 amide bonds. The molecule has 1 atom stereocenters. The molecule has 0 spiro atoms. The van der Waals surface area contributed by atoms with Gasteiger partial charge in [-0.05, 0) is 12.5 Å². The number of sulfonamides is 1. The van der Waals surface area contributed by atoms with Gasteiger partial charge < -0.3 is 5.32 Å². The third-order valence-electron chi connectivity index (χ3n) is 2.50. The monoisotopic (exact) mass is 328 g/mol. The molecule has 2 rings (SSSR count). The Morgan fingerprint density at radius 1 is 1.44 bits per heavy atom. The van der Waals surface area contributed by atoms with Gasteiger partial charge in [-0.3, -0.25) is 4.79 Å². The molecule has 0 aromatic carbocycles. The molecule has 0 saturated carbocycles. The van der Waals surface area contributed by atoms with E-state index >= 15 is 0 Å². The molecule has 2 heterocycles. The smallest absolute Gasteiger partial charge is 0.243 e. The Hall–Kier alpha value is -0.340. The first-order valence-electron chi connectivity index (χ1n) is 5.12. The lowest BCUT2D eigenvalue weighted by molar-refractivity contribution is -0.122. The fourth-order valence-corrected chi connectivity index (χ4v) is 5.04. The highest BCUT2D eigenvalue weighted by atomic mass is 35.5. The van der Waals surface area contributed by atoms with Crippen molar-refractivity contribution in [1.82, 2.24) is 10.0 Å². The van der Waals surface area contributed by atoms with Gasteiger partial charge in [0.2, 0.25) is 15.9 Å². The van der Waals surface area contributed by atoms with Crippen LogP contribution in [0.4, 0.5) is 0 Å². The number of piperidine rings is 1. The van der Waals surface area contributed by atoms with Gasteiger partial charge in [0.15, 0.2) is 0 Å². The van der Waals surface area contributed by atoms with Gasteiger partial charge in [0, 0.05) is 19.0 Å². The van der Waals surface area contributed by atoms with E-state index in [-0.39, 0.29) is 27.7 Å². The van der Waals surface area contributed by atoms with Gasteiger partial charge in [-0.25, -0.2) is 13.1 Å². The quantitative estimate of drug-likeness (QED) is 0.885. The van der Waals surface area contributed by atoms with E-state index in [0.717, 1.165) is 11.3 Å². The number of carbonyl (C=O) groups is 1. The van der Waals surface area contributed by atoms with E-state index in [2.05, 4.69) is 10.0 Å². The molecule has 9 heteroatoms. The molecule has 100 valence electrons.